The molecule has 1 aliphatic rings. The summed E-state index contributed by atoms with van der Waals surface area (Å²) in [4.78, 5) is 6.78. The number of halogens is 1. The number of aryl methyl sites for hydroxylation is 2. The van der Waals surface area contributed by atoms with Gasteiger partial charge in [-0.15, -0.1) is 0 Å². The van der Waals surface area contributed by atoms with Crippen LogP contribution in [0.1, 0.15) is 49.9 Å². The molecule has 0 spiro atoms. The fraction of sp³-hybridized carbons (Fsp3) is 0.348. The Labute approximate surface area is 156 Å². The summed E-state index contributed by atoms with van der Waals surface area (Å²) < 4.78 is 14.8. The van der Waals surface area contributed by atoms with Gasteiger partial charge in [0.1, 0.15) is 5.82 Å². The zero-order valence-corrected chi connectivity index (χ0v) is 16.5. The zero-order chi connectivity index (χ0) is 19.1. The van der Waals surface area contributed by atoms with Crippen LogP contribution < -0.4 is 4.90 Å². The topological polar surface area (TPSA) is 15.6 Å². The summed E-state index contributed by atoms with van der Waals surface area (Å²) in [6.45, 7) is 13.4. The van der Waals surface area contributed by atoms with Gasteiger partial charge in [-0.1, -0.05) is 18.2 Å². The van der Waals surface area contributed by atoms with E-state index in [-0.39, 0.29) is 11.4 Å². The van der Waals surface area contributed by atoms with Crippen molar-refractivity contribution in [3.63, 3.8) is 0 Å². The molecule has 1 aliphatic heterocycles. The number of aliphatic imine (C=N–C) groups is 1. The molecule has 0 atom stereocenters. The minimum Gasteiger partial charge on any atom is -0.363 e. The first-order valence-electron chi connectivity index (χ1n) is 9.15. The summed E-state index contributed by atoms with van der Waals surface area (Å²) in [5, 5.41) is 0. The van der Waals surface area contributed by atoms with E-state index in [1.807, 2.05) is 32.0 Å². The van der Waals surface area contributed by atoms with Crippen molar-refractivity contribution in [2.24, 2.45) is 4.99 Å². The summed E-state index contributed by atoms with van der Waals surface area (Å²) in [6.07, 6.45) is 3.89. The van der Waals surface area contributed by atoms with Crippen molar-refractivity contribution in [2.45, 2.75) is 47.1 Å². The first-order chi connectivity index (χ1) is 12.2. The minimum atomic E-state index is -0.234. The third kappa shape index (κ3) is 3.31. The largest absolute Gasteiger partial charge is 0.363 e. The molecule has 0 saturated carbocycles. The van der Waals surface area contributed by atoms with Crippen molar-refractivity contribution in [1.29, 1.82) is 0 Å². The summed E-state index contributed by atoms with van der Waals surface area (Å²) in [5.74, 6) is -0.234. The second-order valence-corrected chi connectivity index (χ2v) is 7.66. The van der Waals surface area contributed by atoms with Gasteiger partial charge in [-0.25, -0.2) is 4.39 Å². The van der Waals surface area contributed by atoms with E-state index in [9.17, 15) is 4.39 Å². The maximum atomic E-state index is 14.8. The maximum absolute atomic E-state index is 14.8. The Morgan fingerprint density at radius 3 is 2.54 bits per heavy atom. The number of nitrogens with zero attached hydrogens (tertiary/aromatic N) is 2. The highest BCUT2D eigenvalue weighted by Gasteiger charge is 2.30. The molecular formula is C23H27FN2. The van der Waals surface area contributed by atoms with Gasteiger partial charge in [0.15, 0.2) is 0 Å². The van der Waals surface area contributed by atoms with E-state index < -0.39 is 0 Å². The molecule has 3 rings (SSSR count). The number of benzene rings is 2. The predicted molar refractivity (Wildman–Crippen MR) is 110 cm³/mol. The molecule has 0 aliphatic carbocycles. The fourth-order valence-corrected chi connectivity index (χ4v) is 3.79. The van der Waals surface area contributed by atoms with Gasteiger partial charge in [0.05, 0.1) is 11.2 Å². The lowest BCUT2D eigenvalue weighted by molar-refractivity contribution is 0.561. The van der Waals surface area contributed by atoms with E-state index >= 15 is 0 Å². The second kappa shape index (κ2) is 6.71. The monoisotopic (exact) mass is 350 g/mol. The first-order valence-corrected chi connectivity index (χ1v) is 9.15. The van der Waals surface area contributed by atoms with Crippen LogP contribution in [-0.2, 0) is 0 Å². The molecule has 0 aromatic heterocycles. The molecular weight excluding hydrogens is 323 g/mol. The molecule has 136 valence electrons. The van der Waals surface area contributed by atoms with Crippen molar-refractivity contribution in [1.82, 2.24) is 0 Å². The van der Waals surface area contributed by atoms with Crippen LogP contribution in [0.3, 0.4) is 0 Å². The molecule has 0 saturated heterocycles. The van der Waals surface area contributed by atoms with Crippen LogP contribution in [0.4, 0.5) is 15.8 Å². The second-order valence-electron chi connectivity index (χ2n) is 7.66. The van der Waals surface area contributed by atoms with E-state index in [2.05, 4.69) is 49.7 Å². The van der Waals surface area contributed by atoms with Crippen LogP contribution in [0.5, 0.6) is 0 Å². The zero-order valence-electron chi connectivity index (χ0n) is 16.5. The Morgan fingerprint density at radius 2 is 1.85 bits per heavy atom. The summed E-state index contributed by atoms with van der Waals surface area (Å²) in [5.41, 5.74) is 6.73. The van der Waals surface area contributed by atoms with Crippen molar-refractivity contribution >= 4 is 23.2 Å². The van der Waals surface area contributed by atoms with Crippen LogP contribution in [-0.4, -0.2) is 18.3 Å². The van der Waals surface area contributed by atoms with Crippen LogP contribution in [0.25, 0.3) is 5.57 Å². The molecule has 1 heterocycles. The van der Waals surface area contributed by atoms with Gasteiger partial charge in [0, 0.05) is 29.6 Å². The number of rotatable bonds is 3. The third-order valence-electron chi connectivity index (χ3n) is 5.12. The Hall–Kier alpha value is -2.42. The molecule has 0 amide bonds. The Morgan fingerprint density at radius 1 is 1.12 bits per heavy atom. The SMILES string of the molecule is CCN1c2cc(F)c(C=Nc3cc(C)ccc3C)cc2C(C)=CC1(C)C. The molecule has 0 N–H and O–H groups in total. The van der Waals surface area contributed by atoms with E-state index in [0.29, 0.717) is 5.56 Å². The molecule has 2 aromatic rings. The average Bonchev–Trinajstić information content (AvgIpc) is 2.55. The number of anilines is 1. The van der Waals surface area contributed by atoms with E-state index in [1.165, 1.54) is 5.57 Å². The van der Waals surface area contributed by atoms with Crippen LogP contribution in [0, 0.1) is 19.7 Å². The number of hydrogen-bond acceptors (Lipinski definition) is 2. The molecule has 0 bridgehead atoms. The van der Waals surface area contributed by atoms with Crippen LogP contribution >= 0.6 is 0 Å². The number of fused-ring (bicyclic) bond motifs is 1. The fourth-order valence-electron chi connectivity index (χ4n) is 3.79. The molecule has 3 heteroatoms. The lowest BCUT2D eigenvalue weighted by Crippen LogP contribution is -2.45. The summed E-state index contributed by atoms with van der Waals surface area (Å²) in [7, 11) is 0. The third-order valence-corrected chi connectivity index (χ3v) is 5.12. The van der Waals surface area contributed by atoms with Crippen molar-refractivity contribution in [3.05, 3.63) is 64.5 Å². The van der Waals surface area contributed by atoms with Crippen molar-refractivity contribution in [3.8, 4) is 0 Å². The molecule has 2 nitrogen and oxygen atoms in total. The van der Waals surface area contributed by atoms with Crippen LogP contribution in [0.15, 0.2) is 41.4 Å². The maximum Gasteiger partial charge on any atom is 0.134 e. The van der Waals surface area contributed by atoms with Gasteiger partial charge >= 0.3 is 0 Å². The summed E-state index contributed by atoms with van der Waals surface area (Å²) >= 11 is 0. The quantitative estimate of drug-likeness (QED) is 0.600. The molecule has 0 fully saturated rings. The Kier molecular flexibility index (Phi) is 4.74. The number of likely N-dealkylation sites (N-methyl/N-ethyl adjacent to an activating group) is 1. The van der Waals surface area contributed by atoms with Crippen molar-refractivity contribution in [2.75, 3.05) is 11.4 Å². The van der Waals surface area contributed by atoms with E-state index in [4.69, 9.17) is 0 Å². The van der Waals surface area contributed by atoms with Gasteiger partial charge in [-0.3, -0.25) is 4.99 Å². The van der Waals surface area contributed by atoms with Crippen molar-refractivity contribution < 1.29 is 4.39 Å². The van der Waals surface area contributed by atoms with Crippen LogP contribution in [0.2, 0.25) is 0 Å². The molecule has 0 unspecified atom stereocenters. The smallest absolute Gasteiger partial charge is 0.134 e. The Bertz CT molecular complexity index is 907. The van der Waals surface area contributed by atoms with Gasteiger partial charge in [0.25, 0.3) is 0 Å². The highest BCUT2D eigenvalue weighted by atomic mass is 19.1. The highest BCUT2D eigenvalue weighted by molar-refractivity contribution is 5.89. The predicted octanol–water partition coefficient (Wildman–Crippen LogP) is 6.21. The van der Waals surface area contributed by atoms with Gasteiger partial charge < -0.3 is 4.90 Å². The van der Waals surface area contributed by atoms with Gasteiger partial charge in [-0.2, -0.15) is 0 Å². The standard InChI is InChI=1S/C23H27FN2/c1-7-26-22-12-20(24)18(11-19(22)17(4)13-23(26,5)6)14-25-21-10-15(2)8-9-16(21)3/h8-14H,7H2,1-6H3. The highest BCUT2D eigenvalue weighted by Crippen LogP contribution is 2.39. The number of hydrogen-bond donors (Lipinski definition) is 0. The average molecular weight is 350 g/mol. The Balaban J connectivity index is 2.05. The minimum absolute atomic E-state index is 0.118. The van der Waals surface area contributed by atoms with Gasteiger partial charge in [0.2, 0.25) is 0 Å². The lowest BCUT2D eigenvalue weighted by atomic mass is 9.88. The molecule has 2 aromatic carbocycles. The molecule has 26 heavy (non-hydrogen) atoms. The van der Waals surface area contributed by atoms with E-state index in [0.717, 1.165) is 34.6 Å². The first kappa shape index (κ1) is 18.4. The summed E-state index contributed by atoms with van der Waals surface area (Å²) in [6, 6.07) is 9.70. The molecule has 0 radical (unpaired) electrons. The van der Waals surface area contributed by atoms with Gasteiger partial charge in [-0.05, 0) is 76.4 Å². The number of allylic oxidation sites excluding steroid dienone is 1. The normalized spacial score (nSPS) is 16.0. The van der Waals surface area contributed by atoms with E-state index in [1.54, 1.807) is 12.3 Å². The lowest BCUT2D eigenvalue weighted by Gasteiger charge is -2.42.